The minimum atomic E-state index is 0.278. The molecule has 2 heterocycles. The molecule has 0 bridgehead atoms. The lowest BCUT2D eigenvalue weighted by Gasteiger charge is -2.24. The normalized spacial score (nSPS) is 22.0. The minimum absolute atomic E-state index is 0.278. The van der Waals surface area contributed by atoms with Crippen LogP contribution in [0, 0.1) is 6.92 Å². The Morgan fingerprint density at radius 3 is 2.60 bits per heavy atom. The number of nitrogens with two attached hydrogens (primary N) is 1. The van der Waals surface area contributed by atoms with E-state index in [4.69, 9.17) is 10.7 Å². The van der Waals surface area contributed by atoms with Gasteiger partial charge < -0.3 is 15.2 Å². The fraction of sp³-hybridized carbons (Fsp3) is 0.562. The van der Waals surface area contributed by atoms with Crippen molar-refractivity contribution in [3.8, 4) is 0 Å². The molecule has 1 aliphatic heterocycles. The van der Waals surface area contributed by atoms with Crippen LogP contribution in [0.2, 0.25) is 0 Å². The molecule has 0 saturated carbocycles. The Balaban J connectivity index is 0.000000704. The van der Waals surface area contributed by atoms with Gasteiger partial charge in [0.05, 0.1) is 11.2 Å². The molecule has 1 aliphatic rings. The lowest BCUT2D eigenvalue weighted by molar-refractivity contribution is 0.691. The van der Waals surface area contributed by atoms with Gasteiger partial charge in [-0.25, -0.2) is 4.98 Å². The standard InChI is InChI=1S/C14H20N4.C2H6/c1-9-7-11(15)8-18(9)13-6-4-5-12-14(13)16-10(2)17(12)3;1-2/h4-6,9,11H,7-8,15H2,1-3H3;1-2H3. The Morgan fingerprint density at radius 2 is 2.00 bits per heavy atom. The first-order chi connectivity index (χ1) is 9.58. The van der Waals surface area contributed by atoms with Crippen molar-refractivity contribution < 1.29 is 0 Å². The number of imidazole rings is 1. The number of anilines is 1. The molecule has 0 spiro atoms. The van der Waals surface area contributed by atoms with E-state index in [1.165, 1.54) is 11.2 Å². The molecule has 1 aromatic heterocycles. The lowest BCUT2D eigenvalue weighted by atomic mass is 10.2. The summed E-state index contributed by atoms with van der Waals surface area (Å²) in [4.78, 5) is 7.09. The molecule has 0 aliphatic carbocycles. The summed E-state index contributed by atoms with van der Waals surface area (Å²) >= 11 is 0. The van der Waals surface area contributed by atoms with Crippen LogP contribution in [-0.4, -0.2) is 28.2 Å². The highest BCUT2D eigenvalue weighted by atomic mass is 15.2. The number of benzene rings is 1. The van der Waals surface area contributed by atoms with Crippen LogP contribution < -0.4 is 10.6 Å². The third-order valence-corrected chi connectivity index (χ3v) is 4.03. The zero-order chi connectivity index (χ0) is 14.9. The molecular formula is C16H26N4. The zero-order valence-electron chi connectivity index (χ0n) is 13.2. The van der Waals surface area contributed by atoms with Gasteiger partial charge in [-0.05, 0) is 32.4 Å². The van der Waals surface area contributed by atoms with Crippen molar-refractivity contribution in [2.24, 2.45) is 12.8 Å². The van der Waals surface area contributed by atoms with Gasteiger partial charge in [-0.15, -0.1) is 0 Å². The molecule has 2 atom stereocenters. The van der Waals surface area contributed by atoms with Crippen LogP contribution in [0.4, 0.5) is 5.69 Å². The van der Waals surface area contributed by atoms with Crippen LogP contribution in [0.1, 0.15) is 33.0 Å². The number of hydrogen-bond donors (Lipinski definition) is 1. The van der Waals surface area contributed by atoms with Crippen LogP contribution >= 0.6 is 0 Å². The van der Waals surface area contributed by atoms with E-state index in [-0.39, 0.29) is 6.04 Å². The SMILES string of the molecule is CC.Cc1nc2c(N3CC(N)CC3C)cccc2n1C. The molecular weight excluding hydrogens is 248 g/mol. The summed E-state index contributed by atoms with van der Waals surface area (Å²) in [6.07, 6.45) is 1.06. The molecule has 3 rings (SSSR count). The predicted molar refractivity (Wildman–Crippen MR) is 86.2 cm³/mol. The van der Waals surface area contributed by atoms with Gasteiger partial charge in [0.1, 0.15) is 11.3 Å². The summed E-state index contributed by atoms with van der Waals surface area (Å²) in [6, 6.07) is 7.16. The van der Waals surface area contributed by atoms with Gasteiger partial charge in [0, 0.05) is 25.7 Å². The maximum atomic E-state index is 6.06. The first kappa shape index (κ1) is 14.9. The van der Waals surface area contributed by atoms with Crippen molar-refractivity contribution in [1.29, 1.82) is 0 Å². The summed E-state index contributed by atoms with van der Waals surface area (Å²) in [7, 11) is 2.06. The monoisotopic (exact) mass is 274 g/mol. The van der Waals surface area contributed by atoms with Crippen molar-refractivity contribution in [3.63, 3.8) is 0 Å². The molecule has 0 amide bonds. The Bertz CT molecular complexity index is 587. The third-order valence-electron chi connectivity index (χ3n) is 4.03. The van der Waals surface area contributed by atoms with Gasteiger partial charge in [-0.1, -0.05) is 19.9 Å². The second-order valence-corrected chi connectivity index (χ2v) is 5.36. The highest BCUT2D eigenvalue weighted by Gasteiger charge is 2.28. The van der Waals surface area contributed by atoms with Gasteiger partial charge in [0.15, 0.2) is 0 Å². The predicted octanol–water partition coefficient (Wildman–Crippen LogP) is 2.83. The summed E-state index contributed by atoms with van der Waals surface area (Å²) in [5.74, 6) is 1.05. The van der Waals surface area contributed by atoms with Crippen molar-refractivity contribution in [2.75, 3.05) is 11.4 Å². The van der Waals surface area contributed by atoms with Crippen LogP contribution in [0.3, 0.4) is 0 Å². The maximum absolute atomic E-state index is 6.06. The third kappa shape index (κ3) is 2.40. The molecule has 2 unspecified atom stereocenters. The number of para-hydroxylation sites is 1. The summed E-state index contributed by atoms with van der Waals surface area (Å²) in [6.45, 7) is 9.21. The van der Waals surface area contributed by atoms with Gasteiger partial charge in [-0.3, -0.25) is 0 Å². The zero-order valence-corrected chi connectivity index (χ0v) is 13.2. The number of hydrogen-bond acceptors (Lipinski definition) is 3. The van der Waals surface area contributed by atoms with E-state index in [0.717, 1.165) is 24.3 Å². The van der Waals surface area contributed by atoms with Gasteiger partial charge in [0.25, 0.3) is 0 Å². The molecule has 20 heavy (non-hydrogen) atoms. The number of rotatable bonds is 1. The molecule has 1 aromatic carbocycles. The number of nitrogens with zero attached hydrogens (tertiary/aromatic N) is 3. The van der Waals surface area contributed by atoms with E-state index >= 15 is 0 Å². The van der Waals surface area contributed by atoms with Crippen molar-refractivity contribution in [3.05, 3.63) is 24.0 Å². The number of aryl methyl sites for hydroxylation is 2. The van der Waals surface area contributed by atoms with Crippen LogP contribution in [-0.2, 0) is 7.05 Å². The van der Waals surface area contributed by atoms with Crippen molar-refractivity contribution in [1.82, 2.24) is 9.55 Å². The van der Waals surface area contributed by atoms with E-state index in [0.29, 0.717) is 6.04 Å². The molecule has 1 fully saturated rings. The Morgan fingerprint density at radius 1 is 1.30 bits per heavy atom. The average molecular weight is 274 g/mol. The number of fused-ring (bicyclic) bond motifs is 1. The quantitative estimate of drug-likeness (QED) is 0.870. The Kier molecular flexibility index (Phi) is 4.33. The second kappa shape index (κ2) is 5.83. The minimum Gasteiger partial charge on any atom is -0.365 e. The van der Waals surface area contributed by atoms with Crippen LogP contribution in [0.5, 0.6) is 0 Å². The fourth-order valence-electron chi connectivity index (χ4n) is 2.96. The molecule has 0 radical (unpaired) electrons. The highest BCUT2D eigenvalue weighted by molar-refractivity contribution is 5.89. The summed E-state index contributed by atoms with van der Waals surface area (Å²) in [5, 5.41) is 0. The maximum Gasteiger partial charge on any atom is 0.112 e. The van der Waals surface area contributed by atoms with E-state index in [2.05, 4.69) is 41.6 Å². The molecule has 4 heteroatoms. The van der Waals surface area contributed by atoms with Crippen molar-refractivity contribution in [2.45, 2.75) is 46.2 Å². The topological polar surface area (TPSA) is 47.1 Å². The van der Waals surface area contributed by atoms with E-state index in [9.17, 15) is 0 Å². The largest absolute Gasteiger partial charge is 0.365 e. The first-order valence-corrected chi connectivity index (χ1v) is 7.52. The van der Waals surface area contributed by atoms with Gasteiger partial charge in [0.2, 0.25) is 0 Å². The Hall–Kier alpha value is -1.55. The molecule has 2 aromatic rings. The summed E-state index contributed by atoms with van der Waals surface area (Å²) < 4.78 is 2.14. The average Bonchev–Trinajstić information content (AvgIpc) is 2.93. The second-order valence-electron chi connectivity index (χ2n) is 5.36. The summed E-state index contributed by atoms with van der Waals surface area (Å²) in [5.41, 5.74) is 9.57. The van der Waals surface area contributed by atoms with Gasteiger partial charge >= 0.3 is 0 Å². The Labute approximate surface area is 121 Å². The van der Waals surface area contributed by atoms with E-state index in [1.807, 2.05) is 20.8 Å². The van der Waals surface area contributed by atoms with Crippen LogP contribution in [0.15, 0.2) is 18.2 Å². The van der Waals surface area contributed by atoms with E-state index < -0.39 is 0 Å². The highest BCUT2D eigenvalue weighted by Crippen LogP contribution is 2.31. The van der Waals surface area contributed by atoms with Crippen molar-refractivity contribution >= 4 is 16.7 Å². The molecule has 4 nitrogen and oxygen atoms in total. The molecule has 1 saturated heterocycles. The fourth-order valence-corrected chi connectivity index (χ4v) is 2.96. The van der Waals surface area contributed by atoms with Crippen LogP contribution in [0.25, 0.3) is 11.0 Å². The van der Waals surface area contributed by atoms with E-state index in [1.54, 1.807) is 0 Å². The molecule has 110 valence electrons. The smallest absolute Gasteiger partial charge is 0.112 e. The lowest BCUT2D eigenvalue weighted by Crippen LogP contribution is -2.29. The first-order valence-electron chi connectivity index (χ1n) is 7.52. The van der Waals surface area contributed by atoms with Gasteiger partial charge in [-0.2, -0.15) is 0 Å². The molecule has 2 N–H and O–H groups in total. The number of aromatic nitrogens is 2.